The Balaban J connectivity index is 2.50. The van der Waals surface area contributed by atoms with Crippen molar-refractivity contribution in [1.29, 1.82) is 0 Å². The fourth-order valence-electron chi connectivity index (χ4n) is 0.964. The van der Waals surface area contributed by atoms with Crippen molar-refractivity contribution in [3.8, 4) is 5.06 Å². The van der Waals surface area contributed by atoms with Gasteiger partial charge in [-0.2, -0.15) is 0 Å². The van der Waals surface area contributed by atoms with Gasteiger partial charge in [-0.3, -0.25) is 9.59 Å². The fraction of sp³-hybridized carbons (Fsp3) is 0.300. The maximum atomic E-state index is 11.4. The second-order valence-corrected chi connectivity index (χ2v) is 3.81. The van der Waals surface area contributed by atoms with Gasteiger partial charge in [0.05, 0.1) is 13.7 Å². The number of amides is 1. The second kappa shape index (κ2) is 6.64. The third-order valence-corrected chi connectivity index (χ3v) is 2.64. The minimum absolute atomic E-state index is 0.0589. The number of carbonyl (C=O) groups excluding carboxylic acids is 3. The van der Waals surface area contributed by atoms with E-state index in [1.165, 1.54) is 24.5 Å². The number of Topliss-reactive ketones (excluding diaryl/α,β-unsaturated/α-hetero) is 1. The molecule has 0 saturated carbocycles. The van der Waals surface area contributed by atoms with E-state index in [-0.39, 0.29) is 18.9 Å². The number of nitrogens with one attached hydrogen (secondary N) is 1. The van der Waals surface area contributed by atoms with E-state index in [2.05, 4.69) is 10.1 Å². The lowest BCUT2D eigenvalue weighted by atomic mass is 10.2. The van der Waals surface area contributed by atoms with Gasteiger partial charge in [0, 0.05) is 17.0 Å². The summed E-state index contributed by atoms with van der Waals surface area (Å²) in [5.74, 6) is -0.713. The largest absolute Gasteiger partial charge is 0.472 e. The Kier molecular flexibility index (Phi) is 5.15. The van der Waals surface area contributed by atoms with Gasteiger partial charge in [-0.1, -0.05) is 0 Å². The molecule has 0 atom stereocenters. The molecule has 1 heterocycles. The third-order valence-electron chi connectivity index (χ3n) is 1.80. The van der Waals surface area contributed by atoms with Crippen molar-refractivity contribution in [1.82, 2.24) is 5.32 Å². The van der Waals surface area contributed by atoms with Gasteiger partial charge >= 0.3 is 5.97 Å². The number of thiophene rings is 1. The molecule has 7 heteroatoms. The minimum Gasteiger partial charge on any atom is -0.472 e. The van der Waals surface area contributed by atoms with Crippen molar-refractivity contribution in [2.75, 3.05) is 20.3 Å². The molecule has 0 spiro atoms. The summed E-state index contributed by atoms with van der Waals surface area (Å²) < 4.78 is 9.50. The van der Waals surface area contributed by atoms with Gasteiger partial charge < -0.3 is 14.8 Å². The predicted octanol–water partition coefficient (Wildman–Crippen LogP) is 0.229. The number of rotatable bonds is 7. The van der Waals surface area contributed by atoms with Gasteiger partial charge in [0.15, 0.2) is 17.5 Å². The smallest absolute Gasteiger partial charge is 0.343 e. The van der Waals surface area contributed by atoms with Gasteiger partial charge in [-0.15, -0.1) is 11.3 Å². The van der Waals surface area contributed by atoms with E-state index >= 15 is 0 Å². The van der Waals surface area contributed by atoms with Gasteiger partial charge in [0.1, 0.15) is 0 Å². The quantitative estimate of drug-likeness (QED) is 0.429. The summed E-state index contributed by atoms with van der Waals surface area (Å²) in [6.45, 7) is -0.256. The monoisotopic (exact) mass is 257 g/mol. The maximum Gasteiger partial charge on any atom is 0.343 e. The first kappa shape index (κ1) is 13.2. The molecule has 0 aliphatic heterocycles. The fourth-order valence-corrected chi connectivity index (χ4v) is 1.73. The molecule has 6 nitrogen and oxygen atoms in total. The predicted molar refractivity (Wildman–Crippen MR) is 60.2 cm³/mol. The number of ether oxygens (including phenoxy) is 2. The van der Waals surface area contributed by atoms with Crippen LogP contribution in [0.5, 0.6) is 5.06 Å². The van der Waals surface area contributed by atoms with Crippen LogP contribution in [0.4, 0.5) is 0 Å². The van der Waals surface area contributed by atoms with Crippen LogP contribution in [0.15, 0.2) is 11.4 Å². The van der Waals surface area contributed by atoms with Crippen molar-refractivity contribution >= 4 is 29.5 Å². The molecular formula is C10H11NO5S. The van der Waals surface area contributed by atoms with Crippen LogP contribution in [0, 0.1) is 0 Å². The molecule has 0 unspecified atom stereocenters. The van der Waals surface area contributed by atoms with Crippen molar-refractivity contribution in [3.05, 3.63) is 17.0 Å². The molecule has 92 valence electrons. The Morgan fingerprint density at radius 2 is 2.29 bits per heavy atom. The van der Waals surface area contributed by atoms with Gasteiger partial charge in [0.2, 0.25) is 6.41 Å². The third kappa shape index (κ3) is 4.23. The highest BCUT2D eigenvalue weighted by molar-refractivity contribution is 7.12. The lowest BCUT2D eigenvalue weighted by Crippen LogP contribution is -2.20. The molecular weight excluding hydrogens is 246 g/mol. The lowest BCUT2D eigenvalue weighted by molar-refractivity contribution is -0.142. The highest BCUT2D eigenvalue weighted by atomic mass is 32.1. The highest BCUT2D eigenvalue weighted by Gasteiger charge is 2.10. The van der Waals surface area contributed by atoms with E-state index in [0.29, 0.717) is 17.0 Å². The van der Waals surface area contributed by atoms with Crippen LogP contribution in [-0.4, -0.2) is 38.4 Å². The summed E-state index contributed by atoms with van der Waals surface area (Å²) in [6, 6.07) is 1.52. The summed E-state index contributed by atoms with van der Waals surface area (Å²) in [5, 5.41) is 4.32. The zero-order valence-corrected chi connectivity index (χ0v) is 9.91. The Labute approximate surface area is 102 Å². The Morgan fingerprint density at radius 3 is 2.94 bits per heavy atom. The first-order valence-corrected chi connectivity index (χ1v) is 5.53. The Morgan fingerprint density at radius 1 is 1.53 bits per heavy atom. The van der Waals surface area contributed by atoms with Crippen LogP contribution in [0.2, 0.25) is 0 Å². The number of methoxy groups -OCH3 is 1. The van der Waals surface area contributed by atoms with Crippen molar-refractivity contribution in [3.63, 3.8) is 0 Å². The van der Waals surface area contributed by atoms with E-state index in [9.17, 15) is 14.4 Å². The average Bonchev–Trinajstić information content (AvgIpc) is 2.81. The van der Waals surface area contributed by atoms with E-state index in [4.69, 9.17) is 4.74 Å². The van der Waals surface area contributed by atoms with E-state index < -0.39 is 5.97 Å². The van der Waals surface area contributed by atoms with Crippen LogP contribution in [0.3, 0.4) is 0 Å². The van der Waals surface area contributed by atoms with Crippen LogP contribution < -0.4 is 10.1 Å². The molecule has 0 bridgehead atoms. The lowest BCUT2D eigenvalue weighted by Gasteiger charge is -2.00. The van der Waals surface area contributed by atoms with Crippen LogP contribution >= 0.6 is 11.3 Å². The van der Waals surface area contributed by atoms with Crippen LogP contribution in [-0.2, 0) is 14.3 Å². The Hall–Kier alpha value is -1.89. The molecule has 17 heavy (non-hydrogen) atoms. The number of hydrogen-bond acceptors (Lipinski definition) is 6. The molecule has 1 aromatic heterocycles. The zero-order chi connectivity index (χ0) is 12.7. The number of carbonyl (C=O) groups is 3. The molecule has 0 fully saturated rings. The minimum atomic E-state index is -0.492. The summed E-state index contributed by atoms with van der Waals surface area (Å²) in [7, 11) is 1.26. The first-order chi connectivity index (χ1) is 8.17. The topological polar surface area (TPSA) is 81.7 Å². The first-order valence-electron chi connectivity index (χ1n) is 4.65. The van der Waals surface area contributed by atoms with Gasteiger partial charge in [-0.05, 0) is 0 Å². The second-order valence-electron chi connectivity index (χ2n) is 2.94. The Bertz CT molecular complexity index is 415. The van der Waals surface area contributed by atoms with Crippen molar-refractivity contribution in [2.45, 2.75) is 0 Å². The summed E-state index contributed by atoms with van der Waals surface area (Å²) in [6.07, 6.45) is 0.457. The van der Waals surface area contributed by atoms with Crippen molar-refractivity contribution in [2.24, 2.45) is 0 Å². The summed E-state index contributed by atoms with van der Waals surface area (Å²) in [4.78, 5) is 32.3. The molecule has 1 aromatic rings. The standard InChI is InChI=1S/C10H11NO5S/c1-15-9(14)4-16-10-2-7(5-17-10)8(13)3-11-6-12/h2,5-6H,3-4H2,1H3,(H,11,12). The average molecular weight is 257 g/mol. The molecule has 1 rings (SSSR count). The van der Waals surface area contributed by atoms with E-state index in [1.807, 2.05) is 0 Å². The molecule has 0 radical (unpaired) electrons. The van der Waals surface area contributed by atoms with Gasteiger partial charge in [-0.25, -0.2) is 4.79 Å². The van der Waals surface area contributed by atoms with E-state index in [0.717, 1.165) is 0 Å². The van der Waals surface area contributed by atoms with Crippen LogP contribution in [0.1, 0.15) is 10.4 Å². The van der Waals surface area contributed by atoms with Crippen LogP contribution in [0.25, 0.3) is 0 Å². The summed E-state index contributed by atoms with van der Waals surface area (Å²) in [5.41, 5.74) is 0.434. The number of esters is 1. The molecule has 1 amide bonds. The zero-order valence-electron chi connectivity index (χ0n) is 9.10. The molecule has 0 aliphatic rings. The maximum absolute atomic E-state index is 11.4. The number of hydrogen-bond donors (Lipinski definition) is 1. The molecule has 0 aliphatic carbocycles. The normalized spacial score (nSPS) is 9.47. The van der Waals surface area contributed by atoms with Gasteiger partial charge in [0.25, 0.3) is 0 Å². The highest BCUT2D eigenvalue weighted by Crippen LogP contribution is 2.23. The van der Waals surface area contributed by atoms with Crippen molar-refractivity contribution < 1.29 is 23.9 Å². The summed E-state index contributed by atoms with van der Waals surface area (Å²) >= 11 is 1.20. The molecule has 0 saturated heterocycles. The SMILES string of the molecule is COC(=O)COc1cc(C(=O)CNC=O)cs1. The molecule has 1 N–H and O–H groups in total. The van der Waals surface area contributed by atoms with E-state index in [1.54, 1.807) is 5.38 Å². The molecule has 0 aromatic carbocycles. The number of ketones is 1.